The molecule has 4 heterocycles. The molecule has 2 aliphatic rings. The van der Waals surface area contributed by atoms with E-state index in [9.17, 15) is 28.8 Å². The number of anilines is 1. The van der Waals surface area contributed by atoms with E-state index in [0.29, 0.717) is 29.9 Å². The number of aromatic nitrogens is 4. The molecule has 0 saturated carbocycles. The normalized spacial score (nSPS) is 27.7. The van der Waals surface area contributed by atoms with Crippen molar-refractivity contribution >= 4 is 46.3 Å². The number of rotatable bonds is 9. The lowest BCUT2D eigenvalue weighted by atomic mass is 10.1. The molecule has 22 heteroatoms. The Hall–Kier alpha value is -1.69. The van der Waals surface area contributed by atoms with E-state index in [1.54, 1.807) is 18.5 Å². The molecule has 0 bridgehead atoms. The third-order valence-corrected chi connectivity index (χ3v) is 9.30. The number of phosphoric acid groups is 3. The Morgan fingerprint density at radius 1 is 1.14 bits per heavy atom. The van der Waals surface area contributed by atoms with Gasteiger partial charge >= 0.3 is 23.5 Å². The molecule has 4 rings (SSSR count). The highest BCUT2D eigenvalue weighted by atomic mass is 31.3. The maximum absolute atomic E-state index is 12.2. The monoisotopic (exact) mass is 575 g/mol. The molecule has 200 valence electrons. The number of aliphatic hydroxyl groups excluding tert-OH is 2. The summed E-state index contributed by atoms with van der Waals surface area (Å²) in [6.07, 6.45) is -3.04. The minimum absolute atomic E-state index is 0.325. The van der Waals surface area contributed by atoms with Crippen molar-refractivity contribution in [1.82, 2.24) is 14.5 Å². The average Bonchev–Trinajstić information content (AvgIpc) is 3.28. The largest absolute Gasteiger partial charge is 0.492 e. The molecule has 0 aliphatic carbocycles. The molecule has 0 amide bonds. The van der Waals surface area contributed by atoms with Gasteiger partial charge in [0, 0.05) is 21.1 Å². The second kappa shape index (κ2) is 9.56. The molecule has 19 nitrogen and oxygen atoms in total. The number of nitrogens with zero attached hydrogens (tertiary/aromatic N) is 6. The topological polar surface area (TPSA) is 249 Å². The lowest BCUT2D eigenvalue weighted by molar-refractivity contribution is -0.529. The second-order valence-corrected chi connectivity index (χ2v) is 12.3. The molecule has 0 aromatic carbocycles. The van der Waals surface area contributed by atoms with Crippen molar-refractivity contribution in [2.45, 2.75) is 31.5 Å². The van der Waals surface area contributed by atoms with Gasteiger partial charge in [-0.2, -0.15) is 18.2 Å². The Bertz CT molecular complexity index is 1350. The third kappa shape index (κ3) is 5.30. The molecule has 2 aromatic heterocycles. The van der Waals surface area contributed by atoms with Crippen molar-refractivity contribution in [3.63, 3.8) is 0 Å². The lowest BCUT2D eigenvalue weighted by Gasteiger charge is -2.20. The highest BCUT2D eigenvalue weighted by Gasteiger charge is 2.49. The summed E-state index contributed by atoms with van der Waals surface area (Å²) in [6.45, 7) is 0.839. The van der Waals surface area contributed by atoms with Crippen LogP contribution in [-0.4, -0.2) is 84.3 Å². The van der Waals surface area contributed by atoms with Crippen LogP contribution in [0.3, 0.4) is 0 Å². The van der Waals surface area contributed by atoms with E-state index in [1.165, 1.54) is 22.2 Å². The first kappa shape index (κ1) is 27.3. The molecule has 0 spiro atoms. The van der Waals surface area contributed by atoms with Crippen LogP contribution in [0, 0.1) is 0 Å². The first-order valence-corrected chi connectivity index (χ1v) is 14.3. The first-order chi connectivity index (χ1) is 16.6. The Morgan fingerprint density at radius 2 is 1.83 bits per heavy atom. The number of hydrogen-bond donors (Lipinski definition) is 5. The van der Waals surface area contributed by atoms with Crippen LogP contribution < -0.4 is 9.58 Å². The van der Waals surface area contributed by atoms with E-state index in [-0.39, 0.29) is 0 Å². The van der Waals surface area contributed by atoms with Crippen LogP contribution in [-0.2, 0) is 36.1 Å². The summed E-state index contributed by atoms with van der Waals surface area (Å²) in [5.41, 5.74) is 0.872. The Kier molecular flexibility index (Phi) is 7.26. The maximum Gasteiger partial charge on any atom is 0.492 e. The van der Waals surface area contributed by atoms with Gasteiger partial charge in [-0.3, -0.25) is 9.05 Å². The highest BCUT2D eigenvalue weighted by Crippen LogP contribution is 2.68. The molecule has 6 unspecified atom stereocenters. The molecule has 36 heavy (non-hydrogen) atoms. The predicted molar refractivity (Wildman–Crippen MR) is 115 cm³/mol. The average molecular weight is 575 g/mol. The van der Waals surface area contributed by atoms with Gasteiger partial charge in [0.2, 0.25) is 23.2 Å². The Labute approximate surface area is 201 Å². The predicted octanol–water partition coefficient (Wildman–Crippen LogP) is -1.03. The Balaban J connectivity index is 1.52. The van der Waals surface area contributed by atoms with Crippen LogP contribution in [0.5, 0.6) is 0 Å². The van der Waals surface area contributed by atoms with Crippen molar-refractivity contribution in [3.8, 4) is 0 Å². The van der Waals surface area contributed by atoms with Gasteiger partial charge in [-0.05, 0) is 5.10 Å². The van der Waals surface area contributed by atoms with E-state index in [2.05, 4.69) is 32.7 Å². The third-order valence-electron chi connectivity index (χ3n) is 5.11. The number of imidazole rings is 1. The van der Waals surface area contributed by atoms with Gasteiger partial charge < -0.3 is 29.6 Å². The molecule has 6 atom stereocenters. The van der Waals surface area contributed by atoms with Gasteiger partial charge in [0.25, 0.3) is 5.84 Å². The maximum atomic E-state index is 12.2. The van der Waals surface area contributed by atoms with Crippen LogP contribution >= 0.6 is 23.5 Å². The second-order valence-electron chi connectivity index (χ2n) is 7.53. The van der Waals surface area contributed by atoms with Gasteiger partial charge in [-0.15, -0.1) is 0 Å². The Morgan fingerprint density at radius 3 is 2.47 bits per heavy atom. The van der Waals surface area contributed by atoms with Gasteiger partial charge in [0.15, 0.2) is 6.33 Å². The first-order valence-electron chi connectivity index (χ1n) is 9.84. The van der Waals surface area contributed by atoms with Gasteiger partial charge in [0.05, 0.1) is 6.61 Å². The van der Waals surface area contributed by atoms with Crippen molar-refractivity contribution in [1.29, 1.82) is 0 Å². The van der Waals surface area contributed by atoms with Crippen LogP contribution in [0.2, 0.25) is 0 Å². The number of aliphatic hydroxyl groups is 2. The van der Waals surface area contributed by atoms with E-state index >= 15 is 0 Å². The van der Waals surface area contributed by atoms with E-state index in [1.807, 2.05) is 0 Å². The van der Waals surface area contributed by atoms with Crippen LogP contribution in [0.1, 0.15) is 13.2 Å². The van der Waals surface area contributed by atoms with Gasteiger partial charge in [0.1, 0.15) is 24.6 Å². The summed E-state index contributed by atoms with van der Waals surface area (Å²) >= 11 is 0. The fourth-order valence-electron chi connectivity index (χ4n) is 3.61. The van der Waals surface area contributed by atoms with E-state index in [4.69, 9.17) is 14.5 Å². The standard InChI is InChI=1S/C14H21N6O13P3/c1-7-17-18(2)12-9-13(16-5-15-12)20(6-19(7)9)14-11(22)10(21)8(31-14)4-30-35(26,27)33-36(28,29-3)32-34(23,24)25/h5-6,8,10-11,14,21-22H,4H2,1-3H3,(H2-,23,24,25,26,27)/p+1. The summed E-state index contributed by atoms with van der Waals surface area (Å²) in [6, 6.07) is 0. The van der Waals surface area contributed by atoms with E-state index in [0.717, 1.165) is 0 Å². The molecular formula is C14H22N6O13P3+. The van der Waals surface area contributed by atoms with Crippen molar-refractivity contribution < 1.29 is 65.6 Å². The van der Waals surface area contributed by atoms with Crippen LogP contribution in [0.25, 0.3) is 11.2 Å². The summed E-state index contributed by atoms with van der Waals surface area (Å²) < 4.78 is 60.7. The van der Waals surface area contributed by atoms with Crippen molar-refractivity contribution in [3.05, 3.63) is 12.7 Å². The lowest BCUT2D eigenvalue weighted by Crippen LogP contribution is -2.45. The number of ether oxygens (including phenoxy) is 1. The summed E-state index contributed by atoms with van der Waals surface area (Å²) in [4.78, 5) is 35.8. The molecule has 2 aromatic rings. The minimum Gasteiger partial charge on any atom is -0.387 e. The molecule has 1 fully saturated rings. The highest BCUT2D eigenvalue weighted by molar-refractivity contribution is 7.67. The minimum atomic E-state index is -5.44. The van der Waals surface area contributed by atoms with Crippen LogP contribution in [0.15, 0.2) is 17.8 Å². The number of hydrogen-bond acceptors (Lipinski definition) is 14. The quantitative estimate of drug-likeness (QED) is 0.177. The smallest absolute Gasteiger partial charge is 0.387 e. The molecule has 2 aliphatic heterocycles. The molecule has 1 saturated heterocycles. The summed E-state index contributed by atoms with van der Waals surface area (Å²) in [5.74, 6) is 1.02. The SMILES string of the molecule is COP(=O)(OP(=O)(O)O)OP(=O)(O)OCC1OC(n2c[n+]3c4c(ncnc42)N(C)N=C3C)C(O)C1O. The van der Waals surface area contributed by atoms with Crippen molar-refractivity contribution in [2.75, 3.05) is 25.8 Å². The molecule has 0 radical (unpaired) electrons. The molecular weight excluding hydrogens is 553 g/mol. The van der Waals surface area contributed by atoms with E-state index < -0.39 is 54.6 Å². The number of phosphoric ester groups is 1. The number of hydrazone groups is 1. The van der Waals surface area contributed by atoms with Crippen molar-refractivity contribution in [2.24, 2.45) is 5.10 Å². The fourth-order valence-corrected chi connectivity index (χ4v) is 7.11. The van der Waals surface area contributed by atoms with Gasteiger partial charge in [-0.25, -0.2) is 28.2 Å². The summed E-state index contributed by atoms with van der Waals surface area (Å²) in [7, 11) is -13.7. The van der Waals surface area contributed by atoms with Crippen LogP contribution in [0.4, 0.5) is 5.82 Å². The van der Waals surface area contributed by atoms with Gasteiger partial charge in [-0.1, -0.05) is 0 Å². The summed E-state index contributed by atoms with van der Waals surface area (Å²) in [5, 5.41) is 26.9. The zero-order chi connectivity index (χ0) is 26.6. The zero-order valence-corrected chi connectivity index (χ0v) is 21.4. The zero-order valence-electron chi connectivity index (χ0n) is 18.7. The molecule has 5 N–H and O–H groups in total. The fraction of sp³-hybridized carbons (Fsp3) is 0.571.